The summed E-state index contributed by atoms with van der Waals surface area (Å²) < 4.78 is 65.9. The topological polar surface area (TPSA) is 108 Å². The molecule has 1 aliphatic heterocycles. The van der Waals surface area contributed by atoms with E-state index in [0.717, 1.165) is 6.07 Å². The molecule has 0 aliphatic carbocycles. The summed E-state index contributed by atoms with van der Waals surface area (Å²) in [6.07, 6.45) is -0.905. The zero-order valence-corrected chi connectivity index (χ0v) is 13.7. The van der Waals surface area contributed by atoms with E-state index in [2.05, 4.69) is 15.4 Å². The van der Waals surface area contributed by atoms with Crippen LogP contribution in [0, 0.1) is 17.5 Å². The molecule has 0 aromatic heterocycles. The number of hydrogen-bond donors (Lipinski definition) is 4. The second kappa shape index (κ2) is 6.59. The summed E-state index contributed by atoms with van der Waals surface area (Å²) in [4.78, 5) is 12.0. The highest BCUT2D eigenvalue weighted by atomic mass is 32.2. The summed E-state index contributed by atoms with van der Waals surface area (Å²) in [6, 6.07) is 4.86. The van der Waals surface area contributed by atoms with Gasteiger partial charge in [0.25, 0.3) is 5.91 Å². The van der Waals surface area contributed by atoms with Gasteiger partial charge in [0.05, 0.1) is 12.3 Å². The van der Waals surface area contributed by atoms with E-state index in [4.69, 9.17) is 5.11 Å². The van der Waals surface area contributed by atoms with Crippen LogP contribution in [0.4, 0.5) is 24.5 Å². The zero-order valence-electron chi connectivity index (χ0n) is 12.9. The zero-order chi connectivity index (χ0) is 19.1. The molecule has 0 saturated carbocycles. The van der Waals surface area contributed by atoms with Gasteiger partial charge in [-0.3, -0.25) is 4.79 Å². The summed E-state index contributed by atoms with van der Waals surface area (Å²) in [5.74, 6) is -5.47. The highest BCUT2D eigenvalue weighted by Gasteiger charge is 2.29. The maximum atomic E-state index is 13.2. The van der Waals surface area contributed by atoms with Gasteiger partial charge < -0.3 is 15.7 Å². The monoisotopic (exact) mass is 387 g/mol. The van der Waals surface area contributed by atoms with Gasteiger partial charge in [-0.1, -0.05) is 0 Å². The fraction of sp³-hybridized carbons (Fsp3) is 0.133. The van der Waals surface area contributed by atoms with Crippen LogP contribution >= 0.6 is 0 Å². The average molecular weight is 387 g/mol. The maximum Gasteiger partial charge on any atom is 0.255 e. The van der Waals surface area contributed by atoms with Gasteiger partial charge in [0.2, 0.25) is 10.0 Å². The molecule has 3 rings (SSSR count). The minimum absolute atomic E-state index is 0.108. The SMILES string of the molecule is O=C(Nc1cc(F)c(F)c(F)c1)c1ccc2c(c1)S(=O)(=O)NC(CO)N2. The normalized spacial score (nSPS) is 17.9. The van der Waals surface area contributed by atoms with Crippen LogP contribution in [0.1, 0.15) is 10.4 Å². The lowest BCUT2D eigenvalue weighted by Gasteiger charge is -2.26. The van der Waals surface area contributed by atoms with Gasteiger partial charge in [0, 0.05) is 23.4 Å². The summed E-state index contributed by atoms with van der Waals surface area (Å²) in [5, 5.41) is 14.0. The fourth-order valence-electron chi connectivity index (χ4n) is 2.39. The third kappa shape index (κ3) is 3.36. The minimum Gasteiger partial charge on any atom is -0.393 e. The van der Waals surface area contributed by atoms with Crippen molar-refractivity contribution in [1.82, 2.24) is 4.72 Å². The molecule has 0 saturated heterocycles. The number of halogens is 3. The molecule has 138 valence electrons. The van der Waals surface area contributed by atoms with Crippen molar-refractivity contribution in [2.45, 2.75) is 11.1 Å². The number of sulfonamides is 1. The van der Waals surface area contributed by atoms with Crippen LogP contribution in [0.3, 0.4) is 0 Å². The molecule has 11 heteroatoms. The van der Waals surface area contributed by atoms with Crippen LogP contribution in [-0.2, 0) is 10.0 Å². The van der Waals surface area contributed by atoms with E-state index in [1.54, 1.807) is 0 Å². The highest BCUT2D eigenvalue weighted by molar-refractivity contribution is 7.89. The van der Waals surface area contributed by atoms with Crippen LogP contribution in [0.5, 0.6) is 0 Å². The minimum atomic E-state index is -3.97. The van der Waals surface area contributed by atoms with Gasteiger partial charge in [0.1, 0.15) is 11.1 Å². The Kier molecular flexibility index (Phi) is 4.61. The first-order valence-corrected chi connectivity index (χ1v) is 8.69. The molecule has 0 bridgehead atoms. The summed E-state index contributed by atoms with van der Waals surface area (Å²) in [6.45, 7) is -0.484. The number of amides is 1. The van der Waals surface area contributed by atoms with Crippen molar-refractivity contribution in [2.24, 2.45) is 0 Å². The Bertz CT molecular complexity index is 975. The second-order valence-corrected chi connectivity index (χ2v) is 7.10. The van der Waals surface area contributed by atoms with Crippen molar-refractivity contribution in [2.75, 3.05) is 17.2 Å². The summed E-state index contributed by atoms with van der Waals surface area (Å²) in [7, 11) is -3.97. The number of benzene rings is 2. The third-order valence-electron chi connectivity index (χ3n) is 3.58. The Morgan fingerprint density at radius 2 is 1.81 bits per heavy atom. The molecule has 1 heterocycles. The van der Waals surface area contributed by atoms with Crippen molar-refractivity contribution < 1.29 is 31.5 Å². The quantitative estimate of drug-likeness (QED) is 0.596. The number of carbonyl (C=O) groups is 1. The third-order valence-corrected chi connectivity index (χ3v) is 5.10. The van der Waals surface area contributed by atoms with Gasteiger partial charge >= 0.3 is 0 Å². The van der Waals surface area contributed by atoms with E-state index >= 15 is 0 Å². The number of anilines is 2. The number of aliphatic hydroxyl groups is 1. The number of hydrogen-bond acceptors (Lipinski definition) is 5. The van der Waals surface area contributed by atoms with Gasteiger partial charge in [-0.25, -0.2) is 21.6 Å². The second-order valence-electron chi connectivity index (χ2n) is 5.42. The first-order valence-electron chi connectivity index (χ1n) is 7.21. The Morgan fingerprint density at radius 1 is 1.15 bits per heavy atom. The number of rotatable bonds is 3. The smallest absolute Gasteiger partial charge is 0.255 e. The molecule has 0 radical (unpaired) electrons. The predicted molar refractivity (Wildman–Crippen MR) is 85.5 cm³/mol. The lowest BCUT2D eigenvalue weighted by Crippen LogP contribution is -2.46. The van der Waals surface area contributed by atoms with E-state index in [-0.39, 0.29) is 21.8 Å². The van der Waals surface area contributed by atoms with Crippen LogP contribution in [0.15, 0.2) is 35.2 Å². The summed E-state index contributed by atoms with van der Waals surface area (Å²) in [5.41, 5.74) is -0.259. The van der Waals surface area contributed by atoms with E-state index in [9.17, 15) is 26.4 Å². The van der Waals surface area contributed by atoms with Crippen LogP contribution in [0.25, 0.3) is 0 Å². The fourth-order valence-corrected chi connectivity index (χ4v) is 3.72. The lowest BCUT2D eigenvalue weighted by molar-refractivity contribution is 0.102. The predicted octanol–water partition coefficient (Wildman–Crippen LogP) is 1.38. The Labute approximate surface area is 145 Å². The lowest BCUT2D eigenvalue weighted by atomic mass is 10.1. The van der Waals surface area contributed by atoms with E-state index in [1.165, 1.54) is 12.1 Å². The van der Waals surface area contributed by atoms with Crippen molar-refractivity contribution >= 4 is 27.3 Å². The first-order chi connectivity index (χ1) is 12.2. The number of aliphatic hydroxyl groups excluding tert-OH is 1. The van der Waals surface area contributed by atoms with Crippen molar-refractivity contribution in [3.05, 3.63) is 53.3 Å². The number of carbonyl (C=O) groups excluding carboxylic acids is 1. The van der Waals surface area contributed by atoms with Gasteiger partial charge in [0.15, 0.2) is 17.5 Å². The Morgan fingerprint density at radius 3 is 2.42 bits per heavy atom. The highest BCUT2D eigenvalue weighted by Crippen LogP contribution is 2.27. The molecular formula is C15H12F3N3O4S. The maximum absolute atomic E-state index is 13.2. The molecular weight excluding hydrogens is 375 g/mol. The van der Waals surface area contributed by atoms with Gasteiger partial charge in [-0.15, -0.1) is 0 Å². The number of fused-ring (bicyclic) bond motifs is 1. The molecule has 0 fully saturated rings. The molecule has 2 aromatic rings. The van der Waals surface area contributed by atoms with E-state index < -0.39 is 46.2 Å². The number of nitrogens with one attached hydrogen (secondary N) is 3. The standard InChI is InChI=1S/C15H12F3N3O4S/c16-9-4-8(5-10(17)14(9)18)19-15(23)7-1-2-11-12(3-7)26(24,25)21-13(6-22)20-11/h1-5,13,20-22H,6H2,(H,19,23). The molecule has 1 atom stereocenters. The molecule has 26 heavy (non-hydrogen) atoms. The van der Waals surface area contributed by atoms with Gasteiger partial charge in [-0.05, 0) is 18.2 Å². The van der Waals surface area contributed by atoms with E-state index in [1.807, 2.05) is 0 Å². The molecule has 7 nitrogen and oxygen atoms in total. The molecule has 1 amide bonds. The van der Waals surface area contributed by atoms with Crippen molar-refractivity contribution in [3.63, 3.8) is 0 Å². The molecule has 1 aliphatic rings. The first kappa shape index (κ1) is 18.2. The molecule has 0 spiro atoms. The Balaban J connectivity index is 1.90. The molecule has 1 unspecified atom stereocenters. The Hall–Kier alpha value is -2.63. The largest absolute Gasteiger partial charge is 0.393 e. The summed E-state index contributed by atoms with van der Waals surface area (Å²) >= 11 is 0. The van der Waals surface area contributed by atoms with Crippen LogP contribution < -0.4 is 15.4 Å². The molecule has 2 aromatic carbocycles. The van der Waals surface area contributed by atoms with Crippen molar-refractivity contribution in [3.8, 4) is 0 Å². The van der Waals surface area contributed by atoms with Crippen molar-refractivity contribution in [1.29, 1.82) is 0 Å². The van der Waals surface area contributed by atoms with Crippen LogP contribution in [-0.4, -0.2) is 32.2 Å². The average Bonchev–Trinajstić information content (AvgIpc) is 2.58. The molecule has 4 N–H and O–H groups in total. The van der Waals surface area contributed by atoms with Crippen LogP contribution in [0.2, 0.25) is 0 Å². The van der Waals surface area contributed by atoms with Gasteiger partial charge in [-0.2, -0.15) is 4.72 Å². The van der Waals surface area contributed by atoms with E-state index in [0.29, 0.717) is 12.1 Å².